The summed E-state index contributed by atoms with van der Waals surface area (Å²) < 4.78 is 6.90. The Balaban J connectivity index is 1.07. The molecule has 1 saturated heterocycles. The van der Waals surface area contributed by atoms with Crippen molar-refractivity contribution in [1.82, 2.24) is 9.80 Å². The SMILES string of the molecule is O=C(CN(CCCCCCc1ccccc1)[C@H]1CC[C@@]2(O)[C@H]3Cc4ccc(O)c5c4[C@@]2(CCN3CC2CC2)[C@H]1O5)c1ccccc1. The number of hydrogen-bond donors (Lipinski definition) is 2. The number of piperidine rings is 1. The molecule has 0 aromatic heterocycles. The summed E-state index contributed by atoms with van der Waals surface area (Å²) in [6.07, 6.45) is 10.9. The molecule has 2 heterocycles. The molecule has 2 saturated carbocycles. The van der Waals surface area contributed by atoms with Crippen molar-refractivity contribution in [3.05, 3.63) is 95.1 Å². The standard InChI is InChI=1S/C40H48N2O4/c43-33-19-18-31-25-35-40(45)21-20-32(38-39(40,36(31)37(33)46-38)22-24-42(35)26-29-16-17-29)41(27-34(44)30-14-8-4-9-15-30)23-10-2-1-5-11-28-12-6-3-7-13-28/h3-4,6-9,12-15,18-19,29,32,35,38,43,45H,1-2,5,10-11,16-17,20-27H2/t32-,35+,38-,39-,40+/m0/s1. The van der Waals surface area contributed by atoms with E-state index in [1.807, 2.05) is 30.3 Å². The largest absolute Gasteiger partial charge is 0.504 e. The molecule has 3 aromatic rings. The van der Waals surface area contributed by atoms with Crippen LogP contribution in [0.3, 0.4) is 0 Å². The van der Waals surface area contributed by atoms with Gasteiger partial charge in [-0.15, -0.1) is 0 Å². The summed E-state index contributed by atoms with van der Waals surface area (Å²) >= 11 is 0. The van der Waals surface area contributed by atoms with Crippen LogP contribution in [0.1, 0.15) is 84.8 Å². The zero-order valence-corrected chi connectivity index (χ0v) is 26.9. The molecule has 5 aliphatic rings. The van der Waals surface area contributed by atoms with Crippen LogP contribution in [-0.4, -0.2) is 75.8 Å². The molecule has 6 nitrogen and oxygen atoms in total. The summed E-state index contributed by atoms with van der Waals surface area (Å²) in [5.41, 5.74) is 2.91. The summed E-state index contributed by atoms with van der Waals surface area (Å²) in [6.45, 7) is 3.16. The van der Waals surface area contributed by atoms with Gasteiger partial charge < -0.3 is 14.9 Å². The lowest BCUT2D eigenvalue weighted by Crippen LogP contribution is -2.78. The van der Waals surface area contributed by atoms with E-state index in [2.05, 4.69) is 46.2 Å². The van der Waals surface area contributed by atoms with Crippen LogP contribution in [0.2, 0.25) is 0 Å². The molecule has 8 rings (SSSR count). The van der Waals surface area contributed by atoms with Crippen LogP contribution >= 0.6 is 0 Å². The first-order chi connectivity index (χ1) is 22.5. The molecule has 0 amide bonds. The lowest BCUT2D eigenvalue weighted by Gasteiger charge is -2.65. The number of ether oxygens (including phenoxy) is 1. The molecule has 2 aliphatic heterocycles. The molecule has 46 heavy (non-hydrogen) atoms. The van der Waals surface area contributed by atoms with Gasteiger partial charge in [0.1, 0.15) is 6.10 Å². The van der Waals surface area contributed by atoms with Crippen molar-refractivity contribution in [2.45, 2.75) is 99.8 Å². The molecule has 2 bridgehead atoms. The maximum Gasteiger partial charge on any atom is 0.176 e. The normalized spacial score (nSPS) is 29.4. The number of phenols is 1. The molecule has 0 unspecified atom stereocenters. The molecular weight excluding hydrogens is 572 g/mol. The van der Waals surface area contributed by atoms with E-state index in [0.717, 1.165) is 88.0 Å². The summed E-state index contributed by atoms with van der Waals surface area (Å²) in [4.78, 5) is 18.7. The van der Waals surface area contributed by atoms with E-state index < -0.39 is 11.0 Å². The Bertz CT molecular complexity index is 1560. The monoisotopic (exact) mass is 620 g/mol. The lowest BCUT2D eigenvalue weighted by atomic mass is 9.48. The maximum atomic E-state index is 13.7. The van der Waals surface area contributed by atoms with Gasteiger partial charge in [-0.25, -0.2) is 0 Å². The van der Waals surface area contributed by atoms with Gasteiger partial charge in [-0.2, -0.15) is 0 Å². The van der Waals surface area contributed by atoms with Crippen LogP contribution in [0.15, 0.2) is 72.8 Å². The third-order valence-electron chi connectivity index (χ3n) is 12.1. The third-order valence-corrected chi connectivity index (χ3v) is 12.1. The molecule has 2 N–H and O–H groups in total. The van der Waals surface area contributed by atoms with Crippen molar-refractivity contribution in [3.63, 3.8) is 0 Å². The van der Waals surface area contributed by atoms with Crippen molar-refractivity contribution >= 4 is 5.78 Å². The predicted molar refractivity (Wildman–Crippen MR) is 180 cm³/mol. The van der Waals surface area contributed by atoms with Crippen LogP contribution in [0.25, 0.3) is 0 Å². The number of ketones is 1. The molecule has 3 aromatic carbocycles. The Morgan fingerprint density at radius 1 is 0.913 bits per heavy atom. The average molecular weight is 621 g/mol. The topological polar surface area (TPSA) is 73.2 Å². The van der Waals surface area contributed by atoms with Crippen molar-refractivity contribution in [1.29, 1.82) is 0 Å². The number of carbonyl (C=O) groups is 1. The number of unbranched alkanes of at least 4 members (excludes halogenated alkanes) is 3. The van der Waals surface area contributed by atoms with Crippen LogP contribution in [0, 0.1) is 5.92 Å². The highest BCUT2D eigenvalue weighted by atomic mass is 16.5. The zero-order valence-electron chi connectivity index (χ0n) is 26.9. The van der Waals surface area contributed by atoms with Crippen LogP contribution < -0.4 is 4.74 Å². The molecular formula is C40H48N2O4. The van der Waals surface area contributed by atoms with Crippen LogP contribution in [-0.2, 0) is 18.3 Å². The van der Waals surface area contributed by atoms with Gasteiger partial charge in [-0.1, -0.05) is 79.6 Å². The number of benzene rings is 3. The first-order valence-electron chi connectivity index (χ1n) is 17.8. The van der Waals surface area contributed by atoms with E-state index in [1.165, 1.54) is 24.0 Å². The minimum Gasteiger partial charge on any atom is -0.504 e. The van der Waals surface area contributed by atoms with E-state index in [4.69, 9.17) is 4.74 Å². The molecule has 0 radical (unpaired) electrons. The maximum absolute atomic E-state index is 13.7. The number of hydrogen-bond acceptors (Lipinski definition) is 6. The first-order valence-corrected chi connectivity index (χ1v) is 17.8. The van der Waals surface area contributed by atoms with Crippen LogP contribution in [0.4, 0.5) is 0 Å². The number of phenolic OH excluding ortho intramolecular Hbond substituents is 1. The summed E-state index contributed by atoms with van der Waals surface area (Å²) in [5, 5.41) is 24.1. The number of carbonyl (C=O) groups excluding carboxylic acids is 1. The zero-order chi connectivity index (χ0) is 31.3. The van der Waals surface area contributed by atoms with E-state index >= 15 is 0 Å². The Kier molecular flexibility index (Phi) is 7.94. The quantitative estimate of drug-likeness (QED) is 0.172. The third kappa shape index (κ3) is 5.08. The average Bonchev–Trinajstić information content (AvgIpc) is 3.82. The van der Waals surface area contributed by atoms with Gasteiger partial charge in [0.15, 0.2) is 17.3 Å². The Morgan fingerprint density at radius 3 is 2.46 bits per heavy atom. The fraction of sp³-hybridized carbons (Fsp3) is 0.525. The molecule has 3 fully saturated rings. The second-order valence-electron chi connectivity index (χ2n) is 14.8. The van der Waals surface area contributed by atoms with Crippen LogP contribution in [0.5, 0.6) is 11.5 Å². The number of Topliss-reactive ketones (excluding diaryl/α,β-unsaturated/α-hetero) is 1. The fourth-order valence-electron chi connectivity index (χ4n) is 9.73. The fourth-order valence-corrected chi connectivity index (χ4v) is 9.73. The molecule has 5 atom stereocenters. The van der Waals surface area contributed by atoms with E-state index in [-0.39, 0.29) is 29.7 Å². The summed E-state index contributed by atoms with van der Waals surface area (Å²) in [5.74, 6) is 1.64. The first kappa shape index (κ1) is 30.2. The van der Waals surface area contributed by atoms with Gasteiger partial charge >= 0.3 is 0 Å². The smallest absolute Gasteiger partial charge is 0.176 e. The van der Waals surface area contributed by atoms with Gasteiger partial charge in [-0.3, -0.25) is 14.6 Å². The van der Waals surface area contributed by atoms with Gasteiger partial charge in [0.25, 0.3) is 0 Å². The molecule has 6 heteroatoms. The second-order valence-corrected chi connectivity index (χ2v) is 14.8. The Labute approximate surface area is 273 Å². The number of rotatable bonds is 13. The van der Waals surface area contributed by atoms with Gasteiger partial charge in [0, 0.05) is 29.8 Å². The lowest BCUT2D eigenvalue weighted by molar-refractivity contribution is -0.200. The predicted octanol–water partition coefficient (Wildman–Crippen LogP) is 6.31. The van der Waals surface area contributed by atoms with Crippen molar-refractivity contribution < 1.29 is 19.7 Å². The molecule has 1 spiro atoms. The van der Waals surface area contributed by atoms with Crippen molar-refractivity contribution in [2.24, 2.45) is 5.92 Å². The summed E-state index contributed by atoms with van der Waals surface area (Å²) in [7, 11) is 0. The summed E-state index contributed by atoms with van der Waals surface area (Å²) in [6, 6.07) is 24.2. The van der Waals surface area contributed by atoms with Crippen molar-refractivity contribution in [3.8, 4) is 11.5 Å². The number of aliphatic hydroxyl groups is 1. The van der Waals surface area contributed by atoms with Gasteiger partial charge in [0.2, 0.25) is 0 Å². The molecule has 3 aliphatic carbocycles. The van der Waals surface area contributed by atoms with Crippen molar-refractivity contribution in [2.75, 3.05) is 26.2 Å². The van der Waals surface area contributed by atoms with Gasteiger partial charge in [0.05, 0.1) is 17.6 Å². The number of aromatic hydroxyl groups is 1. The minimum atomic E-state index is -0.917. The Morgan fingerprint density at radius 2 is 1.67 bits per heavy atom. The van der Waals surface area contributed by atoms with E-state index in [1.54, 1.807) is 6.07 Å². The minimum absolute atomic E-state index is 0.0226. The highest BCUT2D eigenvalue weighted by molar-refractivity contribution is 5.97. The molecule has 242 valence electrons. The number of aryl methyl sites for hydroxylation is 1. The van der Waals surface area contributed by atoms with Gasteiger partial charge in [-0.05, 0) is 94.0 Å². The Hall–Kier alpha value is -3.19. The number of likely N-dealkylation sites (tertiary alicyclic amines) is 1. The second kappa shape index (κ2) is 12.1. The highest BCUT2D eigenvalue weighted by Crippen LogP contribution is 2.66. The number of nitrogens with zero attached hydrogens (tertiary/aromatic N) is 2. The van der Waals surface area contributed by atoms with E-state index in [9.17, 15) is 15.0 Å². The highest BCUT2D eigenvalue weighted by Gasteiger charge is 2.73. The van der Waals surface area contributed by atoms with E-state index in [0.29, 0.717) is 18.7 Å².